The molecule has 12 nitrogen and oxygen atoms in total. The third kappa shape index (κ3) is 5.30. The van der Waals surface area contributed by atoms with Crippen molar-refractivity contribution in [2.24, 2.45) is 0 Å². The van der Waals surface area contributed by atoms with Crippen LogP contribution in [0.3, 0.4) is 0 Å². The van der Waals surface area contributed by atoms with Gasteiger partial charge in [-0.25, -0.2) is 24.7 Å². The summed E-state index contributed by atoms with van der Waals surface area (Å²) in [5.74, 6) is 0.240. The lowest BCUT2D eigenvalue weighted by Crippen LogP contribution is -2.47. The number of hydrogen-bond acceptors (Lipinski definition) is 9. The molecular formula is C26H25N7O5. The van der Waals surface area contributed by atoms with E-state index in [-0.39, 0.29) is 5.39 Å². The van der Waals surface area contributed by atoms with E-state index in [0.29, 0.717) is 61.0 Å². The number of aromatic amines is 1. The van der Waals surface area contributed by atoms with Gasteiger partial charge < -0.3 is 20.1 Å². The van der Waals surface area contributed by atoms with Crippen LogP contribution >= 0.6 is 0 Å². The van der Waals surface area contributed by atoms with Crippen molar-refractivity contribution in [1.82, 2.24) is 30.0 Å². The molecule has 3 heterocycles. The molecule has 0 saturated carbocycles. The van der Waals surface area contributed by atoms with Gasteiger partial charge in [-0.3, -0.25) is 9.69 Å². The van der Waals surface area contributed by atoms with Crippen LogP contribution in [-0.2, 0) is 11.3 Å². The molecule has 3 N–H and O–H groups in total. The van der Waals surface area contributed by atoms with Crippen LogP contribution in [0.5, 0.6) is 0 Å². The largest absolute Gasteiger partial charge is 0.465 e. The number of carboxylic acid groups (broad SMARTS) is 1. The zero-order valence-corrected chi connectivity index (χ0v) is 20.5. The first-order chi connectivity index (χ1) is 18.4. The van der Waals surface area contributed by atoms with Crippen LogP contribution in [0.25, 0.3) is 22.3 Å². The van der Waals surface area contributed by atoms with Crippen molar-refractivity contribution in [3.05, 3.63) is 76.2 Å². The van der Waals surface area contributed by atoms with Crippen LogP contribution in [0.15, 0.2) is 59.5 Å². The lowest BCUT2D eigenvalue weighted by molar-refractivity contribution is 0.0600. The maximum atomic E-state index is 12.6. The number of benzene rings is 2. The third-order valence-electron chi connectivity index (χ3n) is 6.35. The smallest absolute Gasteiger partial charge is 0.407 e. The molecule has 12 heteroatoms. The number of nitrogens with one attached hydrogen (secondary N) is 2. The molecule has 0 aliphatic carbocycles. The minimum Gasteiger partial charge on any atom is -0.465 e. The molecule has 0 bridgehead atoms. The monoisotopic (exact) mass is 515 g/mol. The Morgan fingerprint density at radius 3 is 2.39 bits per heavy atom. The number of methoxy groups -OCH3 is 1. The van der Waals surface area contributed by atoms with E-state index in [1.807, 2.05) is 24.3 Å². The molecule has 0 atom stereocenters. The molecule has 38 heavy (non-hydrogen) atoms. The normalized spacial score (nSPS) is 13.9. The average Bonchev–Trinajstić information content (AvgIpc) is 2.94. The summed E-state index contributed by atoms with van der Waals surface area (Å²) in [4.78, 5) is 48.2. The predicted molar refractivity (Wildman–Crippen MR) is 139 cm³/mol. The van der Waals surface area contributed by atoms with E-state index >= 15 is 0 Å². The van der Waals surface area contributed by atoms with E-state index in [1.54, 1.807) is 24.3 Å². The second kappa shape index (κ2) is 10.6. The van der Waals surface area contributed by atoms with Crippen molar-refractivity contribution in [2.45, 2.75) is 6.54 Å². The minimum atomic E-state index is -0.881. The number of nitrogens with zero attached hydrogens (tertiary/aromatic N) is 5. The fourth-order valence-corrected chi connectivity index (χ4v) is 4.28. The summed E-state index contributed by atoms with van der Waals surface area (Å²) in [6.07, 6.45) is 0.580. The summed E-state index contributed by atoms with van der Waals surface area (Å²) in [5, 5.41) is 18.9. The van der Waals surface area contributed by atoms with Gasteiger partial charge in [-0.15, -0.1) is 0 Å². The second-order valence-electron chi connectivity index (χ2n) is 8.79. The highest BCUT2D eigenvalue weighted by Gasteiger charge is 2.20. The lowest BCUT2D eigenvalue weighted by Gasteiger charge is -2.33. The third-order valence-corrected chi connectivity index (χ3v) is 6.35. The van der Waals surface area contributed by atoms with Gasteiger partial charge in [0.15, 0.2) is 5.82 Å². The fraction of sp³-hybridized carbons (Fsp3) is 0.231. The topological polar surface area (TPSA) is 154 Å². The van der Waals surface area contributed by atoms with E-state index in [0.717, 1.165) is 11.3 Å². The van der Waals surface area contributed by atoms with E-state index in [9.17, 15) is 14.4 Å². The van der Waals surface area contributed by atoms with Crippen molar-refractivity contribution >= 4 is 34.5 Å². The fourth-order valence-electron chi connectivity index (χ4n) is 4.28. The van der Waals surface area contributed by atoms with Crippen LogP contribution in [0.2, 0.25) is 0 Å². The number of anilines is 2. The van der Waals surface area contributed by atoms with E-state index in [1.165, 1.54) is 18.2 Å². The van der Waals surface area contributed by atoms with Gasteiger partial charge in [0, 0.05) is 44.0 Å². The molecule has 0 spiro atoms. The Morgan fingerprint density at radius 2 is 1.74 bits per heavy atom. The summed E-state index contributed by atoms with van der Waals surface area (Å²) >= 11 is 0. The molecular weight excluding hydrogens is 490 g/mol. The summed E-state index contributed by atoms with van der Waals surface area (Å²) in [5.41, 5.74) is 2.82. The van der Waals surface area contributed by atoms with Crippen LogP contribution in [-0.4, -0.2) is 80.4 Å². The van der Waals surface area contributed by atoms with Gasteiger partial charge in [-0.2, -0.15) is 5.10 Å². The van der Waals surface area contributed by atoms with Gasteiger partial charge in [0.1, 0.15) is 16.7 Å². The molecule has 1 amide bonds. The Balaban J connectivity index is 1.38. The number of rotatable bonds is 6. The maximum Gasteiger partial charge on any atom is 0.407 e. The summed E-state index contributed by atoms with van der Waals surface area (Å²) in [7, 11) is 1.32. The second-order valence-corrected chi connectivity index (χ2v) is 8.79. The zero-order valence-electron chi connectivity index (χ0n) is 20.5. The number of carbonyl (C=O) groups excluding carboxylic acids is 1. The predicted octanol–water partition coefficient (Wildman–Crippen LogP) is 2.71. The number of esters is 1. The Bertz CT molecular complexity index is 1530. The van der Waals surface area contributed by atoms with Crippen molar-refractivity contribution in [1.29, 1.82) is 0 Å². The quantitative estimate of drug-likeness (QED) is 0.327. The molecule has 2 aromatic heterocycles. The minimum absolute atomic E-state index is 0.273. The number of carbonyl (C=O) groups is 2. The summed E-state index contributed by atoms with van der Waals surface area (Å²) in [6, 6.07) is 14.4. The van der Waals surface area contributed by atoms with Gasteiger partial charge in [0.2, 0.25) is 0 Å². The Labute approximate surface area is 216 Å². The molecule has 1 fully saturated rings. The van der Waals surface area contributed by atoms with Crippen molar-refractivity contribution in [2.75, 3.05) is 38.6 Å². The van der Waals surface area contributed by atoms with Gasteiger partial charge in [-0.1, -0.05) is 24.3 Å². The molecule has 2 aromatic carbocycles. The number of H-pyrrole nitrogens is 1. The molecule has 5 rings (SSSR count). The first-order valence-electron chi connectivity index (χ1n) is 11.9. The SMILES string of the molecule is COC(=O)c1ccc(-c2nc(Nc3ccc(CN4CCN(C(=O)O)CC4)cc3)c3c(=O)[nH]ncc3n2)cc1. The highest BCUT2D eigenvalue weighted by atomic mass is 16.5. The van der Waals surface area contributed by atoms with Crippen LogP contribution < -0.4 is 10.9 Å². The number of ether oxygens (including phenoxy) is 1. The Hall–Kier alpha value is -4.84. The van der Waals surface area contributed by atoms with Crippen molar-refractivity contribution in [3.8, 4) is 11.4 Å². The molecule has 0 radical (unpaired) electrons. The van der Waals surface area contributed by atoms with E-state index < -0.39 is 17.6 Å². The molecule has 1 saturated heterocycles. The lowest BCUT2D eigenvalue weighted by atomic mass is 10.1. The highest BCUT2D eigenvalue weighted by molar-refractivity contribution is 5.92. The number of aromatic nitrogens is 4. The average molecular weight is 516 g/mol. The van der Waals surface area contributed by atoms with Gasteiger partial charge in [-0.05, 0) is 29.8 Å². The molecule has 1 aliphatic heterocycles. The molecule has 0 unspecified atom stereocenters. The van der Waals surface area contributed by atoms with Gasteiger partial charge in [0.05, 0.1) is 18.9 Å². The number of hydrogen-bond donors (Lipinski definition) is 3. The van der Waals surface area contributed by atoms with Crippen LogP contribution in [0, 0.1) is 0 Å². The molecule has 194 valence electrons. The highest BCUT2D eigenvalue weighted by Crippen LogP contribution is 2.26. The van der Waals surface area contributed by atoms with Crippen molar-refractivity contribution < 1.29 is 19.4 Å². The maximum absolute atomic E-state index is 12.6. The Morgan fingerprint density at radius 1 is 1.03 bits per heavy atom. The van der Waals surface area contributed by atoms with Crippen molar-refractivity contribution in [3.63, 3.8) is 0 Å². The standard InChI is InChI=1S/C26H25N7O5/c1-38-25(35)18-6-4-17(5-7-18)22-29-20-14-27-31-24(34)21(20)23(30-22)28-19-8-2-16(3-9-19)15-32-10-12-33(13-11-32)26(36)37/h2-9,14H,10-13,15H2,1H3,(H,31,34)(H,36,37)(H,28,29,30). The van der Waals surface area contributed by atoms with E-state index in [4.69, 9.17) is 9.84 Å². The zero-order chi connectivity index (χ0) is 26.6. The molecule has 4 aromatic rings. The first kappa shape index (κ1) is 24.8. The first-order valence-corrected chi connectivity index (χ1v) is 11.9. The van der Waals surface area contributed by atoms with Gasteiger partial charge >= 0.3 is 12.1 Å². The molecule has 1 aliphatic rings. The number of piperazine rings is 1. The van der Waals surface area contributed by atoms with Crippen LogP contribution in [0.1, 0.15) is 15.9 Å². The summed E-state index contributed by atoms with van der Waals surface area (Å²) in [6.45, 7) is 3.06. The Kier molecular flexibility index (Phi) is 6.96. The van der Waals surface area contributed by atoms with Crippen LogP contribution in [0.4, 0.5) is 16.3 Å². The number of amides is 1. The van der Waals surface area contributed by atoms with Gasteiger partial charge in [0.25, 0.3) is 5.56 Å². The number of fused-ring (bicyclic) bond motifs is 1. The van der Waals surface area contributed by atoms with E-state index in [2.05, 4.69) is 30.4 Å². The summed E-state index contributed by atoms with van der Waals surface area (Å²) < 4.78 is 4.75.